The summed E-state index contributed by atoms with van der Waals surface area (Å²) in [6, 6.07) is 3.05. The normalized spacial score (nSPS) is 12.5. The fourth-order valence-corrected chi connectivity index (χ4v) is 0.762. The maximum atomic E-state index is 8.40. The number of nitrogens with two attached hydrogens (primary N) is 1. The third kappa shape index (κ3) is 1.02. The van der Waals surface area contributed by atoms with Crippen molar-refractivity contribution in [3.8, 4) is 6.07 Å². The average molecular weight is 136 g/mol. The zero-order chi connectivity index (χ0) is 7.56. The molecular formula is C7H8N2O. The lowest BCUT2D eigenvalue weighted by atomic mass is 10.2. The van der Waals surface area contributed by atoms with Crippen LogP contribution in [0, 0.1) is 18.3 Å². The van der Waals surface area contributed by atoms with Crippen molar-refractivity contribution in [3.05, 3.63) is 23.7 Å². The molecule has 10 heavy (non-hydrogen) atoms. The minimum absolute atomic E-state index is 0.558. The van der Waals surface area contributed by atoms with Gasteiger partial charge in [-0.15, -0.1) is 0 Å². The molecule has 0 radical (unpaired) electrons. The topological polar surface area (TPSA) is 62.9 Å². The lowest BCUT2D eigenvalue weighted by Gasteiger charge is -1.97. The molecule has 1 unspecified atom stereocenters. The van der Waals surface area contributed by atoms with E-state index in [1.165, 1.54) is 6.26 Å². The van der Waals surface area contributed by atoms with E-state index in [1.54, 1.807) is 6.07 Å². The minimum Gasteiger partial charge on any atom is -0.466 e. The van der Waals surface area contributed by atoms with E-state index in [-0.39, 0.29) is 0 Å². The summed E-state index contributed by atoms with van der Waals surface area (Å²) in [5, 5.41) is 8.40. The lowest BCUT2D eigenvalue weighted by Crippen LogP contribution is -2.06. The largest absolute Gasteiger partial charge is 0.466 e. The number of furan rings is 1. The van der Waals surface area contributed by atoms with Gasteiger partial charge in [-0.3, -0.25) is 0 Å². The van der Waals surface area contributed by atoms with Crippen LogP contribution in [-0.2, 0) is 0 Å². The monoisotopic (exact) mass is 136 g/mol. The standard InChI is InChI=1S/C7H8N2O/c1-5-2-3-10-7(5)6(9)4-8/h2-3,6H,9H2,1H3. The molecule has 0 saturated heterocycles. The summed E-state index contributed by atoms with van der Waals surface area (Å²) in [7, 11) is 0. The fraction of sp³-hybridized carbons (Fsp3) is 0.286. The highest BCUT2D eigenvalue weighted by atomic mass is 16.3. The van der Waals surface area contributed by atoms with Gasteiger partial charge in [0.15, 0.2) is 6.04 Å². The zero-order valence-corrected chi connectivity index (χ0v) is 5.66. The molecule has 1 heterocycles. The van der Waals surface area contributed by atoms with E-state index >= 15 is 0 Å². The molecule has 0 saturated carbocycles. The SMILES string of the molecule is Cc1ccoc1C(N)C#N. The summed E-state index contributed by atoms with van der Waals surface area (Å²) in [6.45, 7) is 1.86. The highest BCUT2D eigenvalue weighted by molar-refractivity contribution is 5.21. The number of rotatable bonds is 1. The third-order valence-electron chi connectivity index (χ3n) is 1.32. The Kier molecular flexibility index (Phi) is 1.74. The smallest absolute Gasteiger partial charge is 0.152 e. The molecule has 0 aliphatic carbocycles. The van der Waals surface area contributed by atoms with E-state index in [2.05, 4.69) is 0 Å². The van der Waals surface area contributed by atoms with Crippen molar-refractivity contribution in [1.29, 1.82) is 5.26 Å². The summed E-state index contributed by atoms with van der Waals surface area (Å²) in [5.41, 5.74) is 6.31. The molecule has 3 heteroatoms. The minimum atomic E-state index is -0.630. The second kappa shape index (κ2) is 2.54. The average Bonchev–Trinajstić information content (AvgIpc) is 2.34. The van der Waals surface area contributed by atoms with E-state index in [4.69, 9.17) is 15.4 Å². The highest BCUT2D eigenvalue weighted by Crippen LogP contribution is 2.14. The predicted octanol–water partition coefficient (Wildman–Crippen LogP) is 1.11. The first kappa shape index (κ1) is 6.84. The van der Waals surface area contributed by atoms with E-state index in [1.807, 2.05) is 13.0 Å². The van der Waals surface area contributed by atoms with Crippen LogP contribution in [0.25, 0.3) is 0 Å². The molecular weight excluding hydrogens is 128 g/mol. The first-order chi connectivity index (χ1) is 4.75. The van der Waals surface area contributed by atoms with Gasteiger partial charge in [-0.2, -0.15) is 5.26 Å². The quantitative estimate of drug-likeness (QED) is 0.629. The van der Waals surface area contributed by atoms with Crippen LogP contribution in [0.15, 0.2) is 16.7 Å². The third-order valence-corrected chi connectivity index (χ3v) is 1.32. The maximum Gasteiger partial charge on any atom is 0.152 e. The molecule has 0 amide bonds. The second-order valence-corrected chi connectivity index (χ2v) is 2.07. The Balaban J connectivity index is 2.96. The molecule has 1 rings (SSSR count). The first-order valence-electron chi connectivity index (χ1n) is 2.95. The van der Waals surface area contributed by atoms with Gasteiger partial charge >= 0.3 is 0 Å². The molecule has 3 nitrogen and oxygen atoms in total. The van der Waals surface area contributed by atoms with Gasteiger partial charge in [0.1, 0.15) is 5.76 Å². The molecule has 0 aliphatic heterocycles. The Labute approximate surface area is 59.1 Å². The van der Waals surface area contributed by atoms with Gasteiger partial charge in [0.25, 0.3) is 0 Å². The summed E-state index contributed by atoms with van der Waals surface area (Å²) >= 11 is 0. The van der Waals surface area contributed by atoms with Gasteiger partial charge in [-0.25, -0.2) is 0 Å². The summed E-state index contributed by atoms with van der Waals surface area (Å²) in [4.78, 5) is 0. The summed E-state index contributed by atoms with van der Waals surface area (Å²) in [6.07, 6.45) is 1.53. The Hall–Kier alpha value is -1.27. The summed E-state index contributed by atoms with van der Waals surface area (Å²) < 4.78 is 4.97. The van der Waals surface area contributed by atoms with E-state index in [0.717, 1.165) is 5.56 Å². The number of hydrogen-bond acceptors (Lipinski definition) is 3. The molecule has 2 N–H and O–H groups in total. The molecule has 1 aromatic rings. The first-order valence-corrected chi connectivity index (χ1v) is 2.95. The van der Waals surface area contributed by atoms with Crippen LogP contribution in [0.3, 0.4) is 0 Å². The van der Waals surface area contributed by atoms with Crippen molar-refractivity contribution in [2.24, 2.45) is 5.73 Å². The Bertz CT molecular complexity index is 259. The van der Waals surface area contributed by atoms with Gasteiger partial charge in [-0.1, -0.05) is 0 Å². The number of aryl methyl sites for hydroxylation is 1. The Morgan fingerprint density at radius 3 is 2.90 bits per heavy atom. The van der Waals surface area contributed by atoms with Crippen LogP contribution in [0.5, 0.6) is 0 Å². The van der Waals surface area contributed by atoms with E-state index < -0.39 is 6.04 Å². The molecule has 0 spiro atoms. The van der Waals surface area contributed by atoms with Gasteiger partial charge in [0.05, 0.1) is 12.3 Å². The van der Waals surface area contributed by atoms with Crippen molar-refractivity contribution in [2.75, 3.05) is 0 Å². The number of nitriles is 1. The number of nitrogens with zero attached hydrogens (tertiary/aromatic N) is 1. The fourth-order valence-electron chi connectivity index (χ4n) is 0.762. The second-order valence-electron chi connectivity index (χ2n) is 2.07. The molecule has 52 valence electrons. The highest BCUT2D eigenvalue weighted by Gasteiger charge is 2.09. The van der Waals surface area contributed by atoms with Gasteiger partial charge in [0.2, 0.25) is 0 Å². The maximum absolute atomic E-state index is 8.40. The van der Waals surface area contributed by atoms with Gasteiger partial charge in [0, 0.05) is 0 Å². The summed E-state index contributed by atoms with van der Waals surface area (Å²) in [5.74, 6) is 0.558. The van der Waals surface area contributed by atoms with Crippen molar-refractivity contribution in [2.45, 2.75) is 13.0 Å². The van der Waals surface area contributed by atoms with E-state index in [0.29, 0.717) is 5.76 Å². The molecule has 0 bridgehead atoms. The molecule has 1 atom stereocenters. The van der Waals surface area contributed by atoms with Crippen LogP contribution >= 0.6 is 0 Å². The van der Waals surface area contributed by atoms with E-state index in [9.17, 15) is 0 Å². The van der Waals surface area contributed by atoms with Crippen molar-refractivity contribution < 1.29 is 4.42 Å². The Morgan fingerprint density at radius 1 is 1.80 bits per heavy atom. The molecule has 0 aliphatic rings. The van der Waals surface area contributed by atoms with Crippen LogP contribution in [0.1, 0.15) is 17.4 Å². The Morgan fingerprint density at radius 2 is 2.50 bits per heavy atom. The number of hydrogen-bond donors (Lipinski definition) is 1. The van der Waals surface area contributed by atoms with Gasteiger partial charge < -0.3 is 10.2 Å². The van der Waals surface area contributed by atoms with Gasteiger partial charge in [-0.05, 0) is 18.6 Å². The van der Waals surface area contributed by atoms with Crippen LogP contribution < -0.4 is 5.73 Å². The molecule has 0 aromatic carbocycles. The lowest BCUT2D eigenvalue weighted by molar-refractivity contribution is 0.494. The van der Waals surface area contributed by atoms with Crippen LogP contribution in [0.4, 0.5) is 0 Å². The van der Waals surface area contributed by atoms with Crippen LogP contribution in [-0.4, -0.2) is 0 Å². The van der Waals surface area contributed by atoms with Crippen LogP contribution in [0.2, 0.25) is 0 Å². The van der Waals surface area contributed by atoms with Crippen molar-refractivity contribution in [3.63, 3.8) is 0 Å². The zero-order valence-electron chi connectivity index (χ0n) is 5.66. The molecule has 0 fully saturated rings. The predicted molar refractivity (Wildman–Crippen MR) is 36.0 cm³/mol. The van der Waals surface area contributed by atoms with Crippen molar-refractivity contribution >= 4 is 0 Å². The molecule has 1 aromatic heterocycles. The van der Waals surface area contributed by atoms with Crippen molar-refractivity contribution in [1.82, 2.24) is 0 Å².